The van der Waals surface area contributed by atoms with Crippen LogP contribution >= 0.6 is 11.6 Å². The number of pyridine rings is 1. The van der Waals surface area contributed by atoms with Gasteiger partial charge in [-0.3, -0.25) is 4.79 Å². The summed E-state index contributed by atoms with van der Waals surface area (Å²) in [6, 6.07) is 0. The van der Waals surface area contributed by atoms with Gasteiger partial charge in [-0.05, 0) is 12.5 Å². The van der Waals surface area contributed by atoms with Gasteiger partial charge in [0.2, 0.25) is 0 Å². The Balaban J connectivity index is 3.38. The van der Waals surface area contributed by atoms with Gasteiger partial charge in [-0.15, -0.1) is 0 Å². The zero-order valence-corrected chi connectivity index (χ0v) is 7.48. The Labute approximate surface area is 78.5 Å². The molecule has 0 atom stereocenters. The molecule has 0 fully saturated rings. The molecule has 1 rings (SSSR count). The molecule has 0 amide bonds. The summed E-state index contributed by atoms with van der Waals surface area (Å²) in [7, 11) is 0. The maximum absolute atomic E-state index is 12.3. The van der Waals surface area contributed by atoms with Crippen molar-refractivity contribution in [3.63, 3.8) is 0 Å². The smallest absolute Gasteiger partial charge is 0.266 e. The molecule has 0 saturated carbocycles. The topological polar surface area (TPSA) is 30.0 Å². The van der Waals surface area contributed by atoms with Crippen molar-refractivity contribution in [3.8, 4) is 0 Å². The Hall–Kier alpha value is -1.03. The highest BCUT2D eigenvalue weighted by molar-refractivity contribution is 6.30. The van der Waals surface area contributed by atoms with E-state index in [0.717, 1.165) is 6.20 Å². The van der Waals surface area contributed by atoms with Gasteiger partial charge in [0.1, 0.15) is 5.15 Å². The SMILES string of the molecule is Cc1c(Cl)ncc(C(F)F)c1C=O. The van der Waals surface area contributed by atoms with E-state index in [0.29, 0.717) is 6.29 Å². The second-order valence-electron chi connectivity index (χ2n) is 2.46. The predicted molar refractivity (Wildman–Crippen MR) is 44.3 cm³/mol. The van der Waals surface area contributed by atoms with Crippen molar-refractivity contribution in [2.24, 2.45) is 0 Å². The van der Waals surface area contributed by atoms with Crippen LogP contribution in [-0.2, 0) is 0 Å². The molecular formula is C8H6ClF2NO. The molecule has 0 aliphatic heterocycles. The first kappa shape index (κ1) is 10.1. The van der Waals surface area contributed by atoms with Gasteiger partial charge in [-0.1, -0.05) is 11.6 Å². The first-order chi connectivity index (χ1) is 6.07. The number of hydrogen-bond acceptors (Lipinski definition) is 2. The lowest BCUT2D eigenvalue weighted by Gasteiger charge is -2.06. The molecular weight excluding hydrogens is 200 g/mol. The zero-order chi connectivity index (χ0) is 10.0. The van der Waals surface area contributed by atoms with Crippen LogP contribution in [0.15, 0.2) is 6.20 Å². The van der Waals surface area contributed by atoms with Crippen molar-refractivity contribution in [1.29, 1.82) is 0 Å². The van der Waals surface area contributed by atoms with Crippen LogP contribution in [0, 0.1) is 6.92 Å². The van der Waals surface area contributed by atoms with Crippen molar-refractivity contribution in [2.45, 2.75) is 13.3 Å². The molecule has 13 heavy (non-hydrogen) atoms. The summed E-state index contributed by atoms with van der Waals surface area (Å²) < 4.78 is 24.6. The van der Waals surface area contributed by atoms with Gasteiger partial charge in [0.25, 0.3) is 6.43 Å². The second-order valence-corrected chi connectivity index (χ2v) is 2.82. The highest BCUT2D eigenvalue weighted by Gasteiger charge is 2.16. The van der Waals surface area contributed by atoms with Gasteiger partial charge in [0, 0.05) is 17.3 Å². The number of aromatic nitrogens is 1. The summed E-state index contributed by atoms with van der Waals surface area (Å²) in [6.07, 6.45) is -1.42. The minimum atomic E-state index is -2.70. The maximum atomic E-state index is 12.3. The molecule has 0 aliphatic carbocycles. The predicted octanol–water partition coefficient (Wildman–Crippen LogP) is 2.79. The number of hydrogen-bond donors (Lipinski definition) is 0. The monoisotopic (exact) mass is 205 g/mol. The fourth-order valence-corrected chi connectivity index (χ4v) is 1.10. The van der Waals surface area contributed by atoms with Gasteiger partial charge < -0.3 is 0 Å². The normalized spacial score (nSPS) is 10.5. The van der Waals surface area contributed by atoms with Crippen molar-refractivity contribution >= 4 is 17.9 Å². The molecule has 1 aromatic rings. The van der Waals surface area contributed by atoms with E-state index in [1.165, 1.54) is 6.92 Å². The number of nitrogens with zero attached hydrogens (tertiary/aromatic N) is 1. The summed E-state index contributed by atoms with van der Waals surface area (Å²) in [4.78, 5) is 14.0. The van der Waals surface area contributed by atoms with Crippen molar-refractivity contribution < 1.29 is 13.6 Å². The van der Waals surface area contributed by atoms with Crippen LogP contribution in [0.25, 0.3) is 0 Å². The minimum Gasteiger partial charge on any atom is -0.298 e. The Kier molecular flexibility index (Phi) is 2.93. The Morgan fingerprint density at radius 2 is 2.23 bits per heavy atom. The number of carbonyl (C=O) groups excluding carboxylic acids is 1. The molecule has 70 valence electrons. The lowest BCUT2D eigenvalue weighted by molar-refractivity contribution is 0.110. The van der Waals surface area contributed by atoms with Gasteiger partial charge in [0.05, 0.1) is 0 Å². The molecule has 0 spiro atoms. The van der Waals surface area contributed by atoms with E-state index in [9.17, 15) is 13.6 Å². The molecule has 0 saturated heterocycles. The van der Waals surface area contributed by atoms with Crippen molar-refractivity contribution in [1.82, 2.24) is 4.98 Å². The van der Waals surface area contributed by atoms with E-state index in [1.807, 2.05) is 0 Å². The number of carbonyl (C=O) groups is 1. The summed E-state index contributed by atoms with van der Waals surface area (Å²) in [5.74, 6) is 0. The zero-order valence-electron chi connectivity index (χ0n) is 6.72. The van der Waals surface area contributed by atoms with E-state index in [1.54, 1.807) is 0 Å². The highest BCUT2D eigenvalue weighted by atomic mass is 35.5. The molecule has 0 unspecified atom stereocenters. The lowest BCUT2D eigenvalue weighted by Crippen LogP contribution is -1.99. The molecule has 5 heteroatoms. The van der Waals surface area contributed by atoms with Gasteiger partial charge in [-0.2, -0.15) is 0 Å². The van der Waals surface area contributed by atoms with Crippen LogP contribution in [0.3, 0.4) is 0 Å². The van der Waals surface area contributed by atoms with Crippen LogP contribution in [0.5, 0.6) is 0 Å². The first-order valence-electron chi connectivity index (χ1n) is 3.46. The molecule has 0 bridgehead atoms. The van der Waals surface area contributed by atoms with Crippen molar-refractivity contribution in [3.05, 3.63) is 28.0 Å². The van der Waals surface area contributed by atoms with Crippen LogP contribution in [0.1, 0.15) is 27.9 Å². The molecule has 2 nitrogen and oxygen atoms in total. The molecule has 1 heterocycles. The Morgan fingerprint density at radius 3 is 2.69 bits per heavy atom. The minimum absolute atomic E-state index is 0.0741. The highest BCUT2D eigenvalue weighted by Crippen LogP contribution is 2.26. The van der Waals surface area contributed by atoms with Crippen LogP contribution in [0.2, 0.25) is 5.15 Å². The Morgan fingerprint density at radius 1 is 1.62 bits per heavy atom. The van der Waals surface area contributed by atoms with Gasteiger partial charge >= 0.3 is 0 Å². The summed E-state index contributed by atoms with van der Waals surface area (Å²) >= 11 is 5.55. The maximum Gasteiger partial charge on any atom is 0.266 e. The van der Waals surface area contributed by atoms with Gasteiger partial charge in [0.15, 0.2) is 6.29 Å². The molecule has 0 N–H and O–H groups in total. The van der Waals surface area contributed by atoms with E-state index in [2.05, 4.69) is 4.98 Å². The third-order valence-electron chi connectivity index (χ3n) is 1.69. The molecule has 0 aliphatic rings. The van der Waals surface area contributed by atoms with E-state index >= 15 is 0 Å². The number of alkyl halides is 2. The first-order valence-corrected chi connectivity index (χ1v) is 3.84. The average molecular weight is 206 g/mol. The summed E-state index contributed by atoms with van der Waals surface area (Å²) in [5.41, 5.74) is -0.165. The third-order valence-corrected chi connectivity index (χ3v) is 2.08. The standard InChI is InChI=1S/C8H6ClF2NO/c1-4-6(3-13)5(8(10)11)2-12-7(4)9/h2-3,8H,1H3. The largest absolute Gasteiger partial charge is 0.298 e. The molecule has 1 aromatic heterocycles. The van der Waals surface area contributed by atoms with E-state index in [4.69, 9.17) is 11.6 Å². The third kappa shape index (κ3) is 1.83. The van der Waals surface area contributed by atoms with Crippen LogP contribution < -0.4 is 0 Å². The number of rotatable bonds is 2. The lowest BCUT2D eigenvalue weighted by atomic mass is 10.1. The fourth-order valence-electron chi connectivity index (χ4n) is 0.951. The van der Waals surface area contributed by atoms with Crippen LogP contribution in [-0.4, -0.2) is 11.3 Å². The van der Waals surface area contributed by atoms with E-state index < -0.39 is 6.43 Å². The van der Waals surface area contributed by atoms with Crippen molar-refractivity contribution in [2.75, 3.05) is 0 Å². The average Bonchev–Trinajstić information content (AvgIpc) is 2.09. The van der Waals surface area contributed by atoms with E-state index in [-0.39, 0.29) is 21.8 Å². The number of aldehydes is 1. The quantitative estimate of drug-likeness (QED) is 0.549. The summed E-state index contributed by atoms with van der Waals surface area (Å²) in [5, 5.41) is 0.0755. The summed E-state index contributed by atoms with van der Waals surface area (Å²) in [6.45, 7) is 1.48. The second kappa shape index (κ2) is 3.79. The van der Waals surface area contributed by atoms with Gasteiger partial charge in [-0.25, -0.2) is 13.8 Å². The Bertz CT molecular complexity index is 341. The fraction of sp³-hybridized carbons (Fsp3) is 0.250. The molecule has 0 aromatic carbocycles. The molecule has 0 radical (unpaired) electrons. The van der Waals surface area contributed by atoms with Crippen LogP contribution in [0.4, 0.5) is 8.78 Å². The number of halogens is 3.